The van der Waals surface area contributed by atoms with Crippen LogP contribution in [0.4, 0.5) is 0 Å². The Kier molecular flexibility index (Phi) is 5.24. The number of phenols is 1. The van der Waals surface area contributed by atoms with Gasteiger partial charge in [-0.25, -0.2) is 5.43 Å². The summed E-state index contributed by atoms with van der Waals surface area (Å²) in [6.45, 7) is -0.200. The number of carbonyl (C=O) groups is 2. The van der Waals surface area contributed by atoms with Crippen LogP contribution in [0.3, 0.4) is 0 Å². The predicted octanol–water partition coefficient (Wildman–Crippen LogP) is 2.43. The molecule has 3 N–H and O–H groups in total. The van der Waals surface area contributed by atoms with Crippen LogP contribution < -0.4 is 10.7 Å². The molecule has 6 nitrogen and oxygen atoms in total. The van der Waals surface area contributed by atoms with Crippen molar-refractivity contribution < 1.29 is 14.7 Å². The molecule has 0 atom stereocenters. The number of fused-ring (bicyclic) bond motifs is 1. The van der Waals surface area contributed by atoms with Crippen molar-refractivity contribution in [3.05, 3.63) is 77.9 Å². The first-order valence-corrected chi connectivity index (χ1v) is 8.01. The Morgan fingerprint density at radius 2 is 1.69 bits per heavy atom. The van der Waals surface area contributed by atoms with E-state index in [4.69, 9.17) is 0 Å². The minimum Gasteiger partial charge on any atom is -0.507 e. The van der Waals surface area contributed by atoms with E-state index in [1.165, 1.54) is 6.21 Å². The van der Waals surface area contributed by atoms with Crippen LogP contribution >= 0.6 is 0 Å². The van der Waals surface area contributed by atoms with Crippen molar-refractivity contribution in [2.45, 2.75) is 0 Å². The molecule has 0 fully saturated rings. The zero-order chi connectivity index (χ0) is 18.4. The molecule has 2 amide bonds. The van der Waals surface area contributed by atoms with Gasteiger partial charge >= 0.3 is 0 Å². The second-order valence-electron chi connectivity index (χ2n) is 5.57. The minimum absolute atomic E-state index is 0.0958. The van der Waals surface area contributed by atoms with E-state index in [0.717, 1.165) is 5.39 Å². The number of benzene rings is 3. The van der Waals surface area contributed by atoms with E-state index in [-0.39, 0.29) is 18.2 Å². The maximum Gasteiger partial charge on any atom is 0.259 e. The summed E-state index contributed by atoms with van der Waals surface area (Å²) in [6.07, 6.45) is 1.36. The summed E-state index contributed by atoms with van der Waals surface area (Å²) in [4.78, 5) is 23.6. The Morgan fingerprint density at radius 3 is 2.50 bits per heavy atom. The Hall–Kier alpha value is -3.67. The fourth-order valence-corrected chi connectivity index (χ4v) is 2.44. The Balaban J connectivity index is 1.56. The van der Waals surface area contributed by atoms with E-state index >= 15 is 0 Å². The second kappa shape index (κ2) is 7.94. The Morgan fingerprint density at radius 1 is 0.962 bits per heavy atom. The summed E-state index contributed by atoms with van der Waals surface area (Å²) < 4.78 is 0. The third-order valence-electron chi connectivity index (χ3n) is 3.77. The fourth-order valence-electron chi connectivity index (χ4n) is 2.44. The van der Waals surface area contributed by atoms with Gasteiger partial charge in [0.1, 0.15) is 5.75 Å². The van der Waals surface area contributed by atoms with Gasteiger partial charge in [0, 0.05) is 16.5 Å². The summed E-state index contributed by atoms with van der Waals surface area (Å²) in [5.41, 5.74) is 3.28. The standard InChI is InChI=1S/C20H17N3O3/c24-18(13-21-20(26)15-7-2-1-3-8-15)23-22-12-16-11-10-14-6-4-5-9-17(14)19(16)25/h1-12,25H,13H2,(H,21,26)(H,23,24)/b22-12-. The molecule has 3 aromatic rings. The van der Waals surface area contributed by atoms with Gasteiger partial charge in [-0.2, -0.15) is 5.10 Å². The maximum absolute atomic E-state index is 11.9. The lowest BCUT2D eigenvalue weighted by Gasteiger charge is -2.05. The molecule has 0 aliphatic carbocycles. The van der Waals surface area contributed by atoms with E-state index in [0.29, 0.717) is 16.5 Å². The molecule has 0 bridgehead atoms. The molecule has 0 unspecified atom stereocenters. The van der Waals surface area contributed by atoms with Crippen LogP contribution in [0.15, 0.2) is 71.8 Å². The number of rotatable bonds is 5. The molecule has 0 radical (unpaired) electrons. The molecule has 0 saturated heterocycles. The average Bonchev–Trinajstić information content (AvgIpc) is 2.69. The summed E-state index contributed by atoms with van der Waals surface area (Å²) in [5, 5.41) is 18.2. The highest BCUT2D eigenvalue weighted by Gasteiger charge is 2.07. The van der Waals surface area contributed by atoms with Gasteiger partial charge < -0.3 is 10.4 Å². The lowest BCUT2D eigenvalue weighted by molar-refractivity contribution is -0.120. The van der Waals surface area contributed by atoms with Gasteiger partial charge in [-0.15, -0.1) is 0 Å². The number of aromatic hydroxyl groups is 1. The summed E-state index contributed by atoms with van der Waals surface area (Å²) in [7, 11) is 0. The van der Waals surface area contributed by atoms with Crippen molar-refractivity contribution >= 4 is 28.8 Å². The van der Waals surface area contributed by atoms with Crippen molar-refractivity contribution in [2.75, 3.05) is 6.54 Å². The van der Waals surface area contributed by atoms with Crippen molar-refractivity contribution in [1.82, 2.24) is 10.7 Å². The first kappa shape index (κ1) is 17.2. The van der Waals surface area contributed by atoms with Gasteiger partial charge in [-0.3, -0.25) is 9.59 Å². The van der Waals surface area contributed by atoms with E-state index in [1.54, 1.807) is 42.5 Å². The molecule has 0 aliphatic rings. The predicted molar refractivity (Wildman–Crippen MR) is 100 cm³/mol. The van der Waals surface area contributed by atoms with Crippen molar-refractivity contribution in [2.24, 2.45) is 5.10 Å². The number of hydrazone groups is 1. The first-order chi connectivity index (χ1) is 12.6. The highest BCUT2D eigenvalue weighted by atomic mass is 16.3. The second-order valence-corrected chi connectivity index (χ2v) is 5.57. The largest absolute Gasteiger partial charge is 0.507 e. The van der Waals surface area contributed by atoms with Crippen molar-refractivity contribution in [3.63, 3.8) is 0 Å². The summed E-state index contributed by atoms with van der Waals surface area (Å²) in [5.74, 6) is -0.707. The number of nitrogens with one attached hydrogen (secondary N) is 2. The molecule has 6 heteroatoms. The van der Waals surface area contributed by atoms with Gasteiger partial charge in [-0.05, 0) is 23.6 Å². The van der Waals surface area contributed by atoms with Crippen LogP contribution in [-0.2, 0) is 4.79 Å². The Labute approximate surface area is 150 Å². The van der Waals surface area contributed by atoms with Crippen LogP contribution in [0.1, 0.15) is 15.9 Å². The van der Waals surface area contributed by atoms with E-state index in [1.807, 2.05) is 24.3 Å². The quantitative estimate of drug-likeness (QED) is 0.489. The highest BCUT2D eigenvalue weighted by Crippen LogP contribution is 2.27. The lowest BCUT2D eigenvalue weighted by Crippen LogP contribution is -2.34. The molecule has 0 aliphatic heterocycles. The third kappa shape index (κ3) is 4.05. The molecule has 0 heterocycles. The van der Waals surface area contributed by atoms with Gasteiger partial charge in [0.05, 0.1) is 12.8 Å². The SMILES string of the molecule is O=C(CNC(=O)c1ccccc1)N/N=C\c1ccc2ccccc2c1O. The maximum atomic E-state index is 11.9. The molecule has 130 valence electrons. The number of nitrogens with zero attached hydrogens (tertiary/aromatic N) is 1. The molecular formula is C20H17N3O3. The first-order valence-electron chi connectivity index (χ1n) is 8.01. The Bertz CT molecular complexity index is 968. The van der Waals surface area contributed by atoms with Crippen LogP contribution in [0.5, 0.6) is 5.75 Å². The molecule has 3 rings (SSSR count). The number of amides is 2. The van der Waals surface area contributed by atoms with Crippen LogP contribution in [-0.4, -0.2) is 29.7 Å². The normalized spacial score (nSPS) is 10.8. The molecule has 0 saturated carbocycles. The zero-order valence-corrected chi connectivity index (χ0v) is 13.8. The summed E-state index contributed by atoms with van der Waals surface area (Å²) in [6, 6.07) is 19.6. The number of carbonyl (C=O) groups excluding carboxylic acids is 2. The topological polar surface area (TPSA) is 90.8 Å². The zero-order valence-electron chi connectivity index (χ0n) is 13.8. The van der Waals surface area contributed by atoms with Gasteiger partial charge in [0.2, 0.25) is 0 Å². The number of phenolic OH excluding ortho intramolecular Hbond substituents is 1. The van der Waals surface area contributed by atoms with E-state index in [9.17, 15) is 14.7 Å². The number of hydrogen-bond acceptors (Lipinski definition) is 4. The molecule has 26 heavy (non-hydrogen) atoms. The average molecular weight is 347 g/mol. The minimum atomic E-state index is -0.467. The fraction of sp³-hybridized carbons (Fsp3) is 0.0500. The van der Waals surface area contributed by atoms with Gasteiger partial charge in [0.25, 0.3) is 11.8 Å². The van der Waals surface area contributed by atoms with Crippen LogP contribution in [0.25, 0.3) is 10.8 Å². The van der Waals surface area contributed by atoms with E-state index in [2.05, 4.69) is 15.8 Å². The van der Waals surface area contributed by atoms with Crippen LogP contribution in [0, 0.1) is 0 Å². The number of hydrogen-bond donors (Lipinski definition) is 3. The van der Waals surface area contributed by atoms with Crippen LogP contribution in [0.2, 0.25) is 0 Å². The molecule has 3 aromatic carbocycles. The van der Waals surface area contributed by atoms with Gasteiger partial charge in [0.15, 0.2) is 0 Å². The van der Waals surface area contributed by atoms with Crippen molar-refractivity contribution in [3.8, 4) is 5.75 Å². The van der Waals surface area contributed by atoms with Crippen molar-refractivity contribution in [1.29, 1.82) is 0 Å². The molecule has 0 aromatic heterocycles. The third-order valence-corrected chi connectivity index (χ3v) is 3.77. The highest BCUT2D eigenvalue weighted by molar-refractivity contribution is 5.98. The van der Waals surface area contributed by atoms with Gasteiger partial charge in [-0.1, -0.05) is 48.5 Å². The monoisotopic (exact) mass is 347 g/mol. The van der Waals surface area contributed by atoms with E-state index < -0.39 is 5.91 Å². The molecular weight excluding hydrogens is 330 g/mol. The summed E-state index contributed by atoms with van der Waals surface area (Å²) >= 11 is 0. The smallest absolute Gasteiger partial charge is 0.259 e. The lowest BCUT2D eigenvalue weighted by atomic mass is 10.1. The molecule has 0 spiro atoms.